The van der Waals surface area contributed by atoms with Crippen molar-refractivity contribution < 1.29 is 9.59 Å². The van der Waals surface area contributed by atoms with Gasteiger partial charge in [-0.1, -0.05) is 6.92 Å². The summed E-state index contributed by atoms with van der Waals surface area (Å²) in [6.07, 6.45) is 0.753. The summed E-state index contributed by atoms with van der Waals surface area (Å²) in [6, 6.07) is -0.265. The van der Waals surface area contributed by atoms with E-state index in [2.05, 4.69) is 5.32 Å². The molecule has 13 heavy (non-hydrogen) atoms. The lowest BCUT2D eigenvalue weighted by Gasteiger charge is -2.37. The lowest BCUT2D eigenvalue weighted by molar-refractivity contribution is -0.139. The highest BCUT2D eigenvalue weighted by Gasteiger charge is 2.41. The average molecular weight is 184 g/mol. The highest BCUT2D eigenvalue weighted by Crippen LogP contribution is 2.26. The molecule has 1 N–H and O–H groups in total. The van der Waals surface area contributed by atoms with Gasteiger partial charge < -0.3 is 5.32 Å². The van der Waals surface area contributed by atoms with Crippen LogP contribution < -0.4 is 5.32 Å². The zero-order chi connectivity index (χ0) is 10.1. The van der Waals surface area contributed by atoms with Crippen LogP contribution in [0, 0.1) is 5.41 Å². The fraction of sp³-hybridized carbons (Fsp3) is 0.778. The highest BCUT2D eigenvalue weighted by atomic mass is 16.2. The number of carbonyl (C=O) groups excluding carboxylic acids is 2. The van der Waals surface area contributed by atoms with Crippen LogP contribution in [0.4, 0.5) is 4.79 Å². The van der Waals surface area contributed by atoms with Gasteiger partial charge >= 0.3 is 6.03 Å². The predicted octanol–water partition coefficient (Wildman–Crippen LogP) is 0.974. The molecule has 0 aromatic heterocycles. The fourth-order valence-electron chi connectivity index (χ4n) is 1.42. The van der Waals surface area contributed by atoms with Crippen molar-refractivity contribution in [3.63, 3.8) is 0 Å². The van der Waals surface area contributed by atoms with Crippen LogP contribution >= 0.6 is 0 Å². The third-order valence-electron chi connectivity index (χ3n) is 2.73. The molecule has 1 unspecified atom stereocenters. The number of nitrogens with zero attached hydrogens (tertiary/aromatic N) is 1. The molecule has 1 aliphatic rings. The van der Waals surface area contributed by atoms with Crippen LogP contribution in [0.25, 0.3) is 0 Å². The highest BCUT2D eigenvalue weighted by molar-refractivity contribution is 5.99. The van der Waals surface area contributed by atoms with Crippen molar-refractivity contribution in [1.82, 2.24) is 10.2 Å². The molecule has 0 aromatic rings. The Labute approximate surface area is 78.3 Å². The van der Waals surface area contributed by atoms with Crippen LogP contribution in [-0.4, -0.2) is 29.9 Å². The summed E-state index contributed by atoms with van der Waals surface area (Å²) in [7, 11) is 0. The summed E-state index contributed by atoms with van der Waals surface area (Å²) in [5, 5.41) is 2.72. The molecular formula is C9H16N2O2. The zero-order valence-corrected chi connectivity index (χ0v) is 8.39. The van der Waals surface area contributed by atoms with Crippen LogP contribution in [0.5, 0.6) is 0 Å². The molecule has 4 nitrogen and oxygen atoms in total. The summed E-state index contributed by atoms with van der Waals surface area (Å²) in [5.74, 6) is -0.0544. The van der Waals surface area contributed by atoms with Gasteiger partial charge in [0.1, 0.15) is 0 Å². The molecule has 0 aliphatic carbocycles. The summed E-state index contributed by atoms with van der Waals surface area (Å²) in [5.41, 5.74) is -0.413. The molecule has 3 amide bonds. The van der Waals surface area contributed by atoms with Gasteiger partial charge in [-0.05, 0) is 20.3 Å². The molecule has 1 fully saturated rings. The number of nitrogens with one attached hydrogen (secondary N) is 1. The van der Waals surface area contributed by atoms with Gasteiger partial charge in [-0.3, -0.25) is 9.69 Å². The van der Waals surface area contributed by atoms with Gasteiger partial charge in [0.2, 0.25) is 5.91 Å². The molecule has 1 heterocycles. The zero-order valence-electron chi connectivity index (χ0n) is 8.39. The minimum atomic E-state index is -0.413. The molecule has 0 radical (unpaired) electrons. The minimum Gasteiger partial charge on any atom is -0.337 e. The van der Waals surface area contributed by atoms with E-state index in [1.807, 2.05) is 13.8 Å². The van der Waals surface area contributed by atoms with E-state index in [0.717, 1.165) is 6.42 Å². The molecule has 1 saturated heterocycles. The largest absolute Gasteiger partial charge is 0.337 e. The van der Waals surface area contributed by atoms with Crippen molar-refractivity contribution in [3.8, 4) is 0 Å². The number of urea groups is 1. The first-order valence-electron chi connectivity index (χ1n) is 4.65. The number of hydrogen-bond acceptors (Lipinski definition) is 2. The van der Waals surface area contributed by atoms with Gasteiger partial charge in [0.25, 0.3) is 0 Å². The second-order valence-electron chi connectivity index (χ2n) is 3.62. The Morgan fingerprint density at radius 1 is 1.46 bits per heavy atom. The third-order valence-corrected chi connectivity index (χ3v) is 2.73. The van der Waals surface area contributed by atoms with E-state index >= 15 is 0 Å². The molecule has 0 bridgehead atoms. The first kappa shape index (κ1) is 10.0. The molecule has 1 atom stereocenters. The van der Waals surface area contributed by atoms with Crippen LogP contribution in [-0.2, 0) is 4.79 Å². The van der Waals surface area contributed by atoms with Crippen molar-refractivity contribution in [2.45, 2.75) is 27.2 Å². The van der Waals surface area contributed by atoms with Gasteiger partial charge in [-0.2, -0.15) is 0 Å². The lowest BCUT2D eigenvalue weighted by Crippen LogP contribution is -2.59. The van der Waals surface area contributed by atoms with Crippen molar-refractivity contribution in [2.24, 2.45) is 5.41 Å². The number of rotatable bonds is 2. The van der Waals surface area contributed by atoms with E-state index in [4.69, 9.17) is 0 Å². The maximum Gasteiger partial charge on any atom is 0.324 e. The predicted molar refractivity (Wildman–Crippen MR) is 49.2 cm³/mol. The summed E-state index contributed by atoms with van der Waals surface area (Å²) in [4.78, 5) is 24.3. The van der Waals surface area contributed by atoms with E-state index in [1.54, 1.807) is 6.92 Å². The van der Waals surface area contributed by atoms with Gasteiger partial charge in [0.05, 0.1) is 5.41 Å². The Morgan fingerprint density at radius 3 is 2.54 bits per heavy atom. The standard InChI is InChI=1S/C9H16N2O2/c1-4-9(3)6-10-8(13)11(5-2)7(9)12/h4-6H2,1-3H3,(H,10,13). The van der Waals surface area contributed by atoms with Crippen molar-refractivity contribution >= 4 is 11.9 Å². The topological polar surface area (TPSA) is 49.4 Å². The quantitative estimate of drug-likeness (QED) is 0.695. The normalized spacial score (nSPS) is 29.0. The van der Waals surface area contributed by atoms with E-state index in [0.29, 0.717) is 13.1 Å². The second kappa shape index (κ2) is 3.36. The first-order chi connectivity index (χ1) is 6.05. The summed E-state index contributed by atoms with van der Waals surface area (Å²) < 4.78 is 0. The Hall–Kier alpha value is -1.06. The number of amides is 3. The minimum absolute atomic E-state index is 0.0544. The molecule has 74 valence electrons. The van der Waals surface area contributed by atoms with Crippen LogP contribution in [0.3, 0.4) is 0 Å². The first-order valence-corrected chi connectivity index (χ1v) is 4.65. The van der Waals surface area contributed by atoms with Crippen LogP contribution in [0.1, 0.15) is 27.2 Å². The fourth-order valence-corrected chi connectivity index (χ4v) is 1.42. The number of imide groups is 1. The number of hydrogen-bond donors (Lipinski definition) is 1. The van der Waals surface area contributed by atoms with Gasteiger partial charge in [0.15, 0.2) is 0 Å². The van der Waals surface area contributed by atoms with Gasteiger partial charge in [-0.15, -0.1) is 0 Å². The maximum atomic E-state index is 11.8. The Bertz CT molecular complexity index is 240. The lowest BCUT2D eigenvalue weighted by atomic mass is 9.84. The van der Waals surface area contributed by atoms with Crippen LogP contribution in [0.15, 0.2) is 0 Å². The Morgan fingerprint density at radius 2 is 2.08 bits per heavy atom. The van der Waals surface area contributed by atoms with Crippen molar-refractivity contribution in [1.29, 1.82) is 0 Å². The van der Waals surface area contributed by atoms with Gasteiger partial charge in [0, 0.05) is 13.1 Å². The molecule has 4 heteroatoms. The second-order valence-corrected chi connectivity index (χ2v) is 3.62. The molecule has 0 spiro atoms. The average Bonchev–Trinajstić information content (AvgIpc) is 2.13. The van der Waals surface area contributed by atoms with Crippen molar-refractivity contribution in [3.05, 3.63) is 0 Å². The van der Waals surface area contributed by atoms with Crippen molar-refractivity contribution in [2.75, 3.05) is 13.1 Å². The van der Waals surface area contributed by atoms with E-state index in [9.17, 15) is 9.59 Å². The third kappa shape index (κ3) is 1.53. The van der Waals surface area contributed by atoms with E-state index in [1.165, 1.54) is 4.90 Å². The Balaban J connectivity index is 2.87. The molecular weight excluding hydrogens is 168 g/mol. The molecule has 1 rings (SSSR count). The van der Waals surface area contributed by atoms with Gasteiger partial charge in [-0.25, -0.2) is 4.79 Å². The molecule has 0 aromatic carbocycles. The number of carbonyl (C=O) groups is 2. The van der Waals surface area contributed by atoms with E-state index in [-0.39, 0.29) is 11.9 Å². The monoisotopic (exact) mass is 184 g/mol. The smallest absolute Gasteiger partial charge is 0.324 e. The molecule has 0 saturated carbocycles. The Kier molecular flexibility index (Phi) is 2.59. The maximum absolute atomic E-state index is 11.8. The molecule has 1 aliphatic heterocycles. The SMILES string of the molecule is CCN1C(=O)NCC(C)(CC)C1=O. The summed E-state index contributed by atoms with van der Waals surface area (Å²) >= 11 is 0. The van der Waals surface area contributed by atoms with Crippen LogP contribution in [0.2, 0.25) is 0 Å². The summed E-state index contributed by atoms with van der Waals surface area (Å²) in [6.45, 7) is 6.55. The van der Waals surface area contributed by atoms with E-state index < -0.39 is 5.41 Å².